The predicted octanol–water partition coefficient (Wildman–Crippen LogP) is 4.31. The number of anilines is 1. The Bertz CT molecular complexity index is 569. The first-order valence-electron chi connectivity index (χ1n) is 7.12. The van der Waals surface area contributed by atoms with E-state index >= 15 is 0 Å². The largest absolute Gasteiger partial charge is 0.388 e. The molecule has 1 aliphatic rings. The van der Waals surface area contributed by atoms with Crippen LogP contribution in [0.3, 0.4) is 0 Å². The van der Waals surface area contributed by atoms with Gasteiger partial charge in [0.25, 0.3) is 0 Å². The van der Waals surface area contributed by atoms with E-state index in [4.69, 9.17) is 0 Å². The first-order chi connectivity index (χ1) is 9.26. The van der Waals surface area contributed by atoms with Crippen LogP contribution in [0.25, 0.3) is 0 Å². The molecule has 3 rings (SSSR count). The molecule has 0 fully saturated rings. The van der Waals surface area contributed by atoms with E-state index in [-0.39, 0.29) is 0 Å². The predicted molar refractivity (Wildman–Crippen MR) is 81.9 cm³/mol. The summed E-state index contributed by atoms with van der Waals surface area (Å²) in [6.07, 6.45) is 3.65. The third-order valence-electron chi connectivity index (χ3n) is 4.27. The molecule has 1 N–H and O–H groups in total. The molecule has 2 aromatic rings. The number of hydrogen-bond donors (Lipinski definition) is 1. The summed E-state index contributed by atoms with van der Waals surface area (Å²) >= 11 is 0. The van der Waals surface area contributed by atoms with Gasteiger partial charge in [-0.25, -0.2) is 0 Å². The molecular formula is C18H21N. The molecule has 1 atom stereocenters. The van der Waals surface area contributed by atoms with Gasteiger partial charge in [-0.3, -0.25) is 0 Å². The van der Waals surface area contributed by atoms with Crippen molar-refractivity contribution in [2.45, 2.75) is 32.1 Å². The van der Waals surface area contributed by atoms with Gasteiger partial charge in [0.2, 0.25) is 0 Å². The van der Waals surface area contributed by atoms with Gasteiger partial charge in [-0.2, -0.15) is 0 Å². The Morgan fingerprint density at radius 3 is 2.53 bits per heavy atom. The minimum Gasteiger partial charge on any atom is -0.388 e. The highest BCUT2D eigenvalue weighted by molar-refractivity contribution is 5.49. The van der Waals surface area contributed by atoms with E-state index in [0.29, 0.717) is 5.92 Å². The number of aryl methyl sites for hydroxylation is 2. The monoisotopic (exact) mass is 251 g/mol. The van der Waals surface area contributed by atoms with E-state index in [1.54, 1.807) is 0 Å². The van der Waals surface area contributed by atoms with Crippen LogP contribution in [-0.4, -0.2) is 7.05 Å². The Kier molecular flexibility index (Phi) is 3.29. The molecule has 2 aromatic carbocycles. The zero-order valence-electron chi connectivity index (χ0n) is 11.7. The molecular weight excluding hydrogens is 230 g/mol. The van der Waals surface area contributed by atoms with Crippen LogP contribution in [0.15, 0.2) is 42.5 Å². The van der Waals surface area contributed by atoms with Gasteiger partial charge in [-0.15, -0.1) is 0 Å². The van der Waals surface area contributed by atoms with Gasteiger partial charge in [0.05, 0.1) is 0 Å². The van der Waals surface area contributed by atoms with Crippen molar-refractivity contribution < 1.29 is 0 Å². The topological polar surface area (TPSA) is 12.0 Å². The van der Waals surface area contributed by atoms with Gasteiger partial charge in [-0.05, 0) is 60.9 Å². The summed E-state index contributed by atoms with van der Waals surface area (Å²) in [5, 5.41) is 3.23. The summed E-state index contributed by atoms with van der Waals surface area (Å²) in [6.45, 7) is 2.15. The van der Waals surface area contributed by atoms with E-state index in [9.17, 15) is 0 Å². The van der Waals surface area contributed by atoms with E-state index in [1.165, 1.54) is 47.2 Å². The van der Waals surface area contributed by atoms with Crippen molar-refractivity contribution in [3.63, 3.8) is 0 Å². The Balaban J connectivity index is 1.84. The SMILES string of the molecule is CNc1ccc2c(c1)CCC(c1ccc(C)cc1)C2. The van der Waals surface area contributed by atoms with Crippen LogP contribution in [-0.2, 0) is 12.8 Å². The Morgan fingerprint density at radius 1 is 1.00 bits per heavy atom. The van der Waals surface area contributed by atoms with E-state index in [0.717, 1.165) is 0 Å². The lowest BCUT2D eigenvalue weighted by molar-refractivity contribution is 0.585. The lowest BCUT2D eigenvalue weighted by Crippen LogP contribution is -2.13. The molecule has 0 bridgehead atoms. The van der Waals surface area contributed by atoms with Crippen molar-refractivity contribution in [3.8, 4) is 0 Å². The standard InChI is InChI=1S/C18H21N/c1-13-3-5-14(6-4-13)15-7-8-17-12-18(19-2)10-9-16(17)11-15/h3-6,9-10,12,15,19H,7-8,11H2,1-2H3. The van der Waals surface area contributed by atoms with E-state index < -0.39 is 0 Å². The van der Waals surface area contributed by atoms with E-state index in [2.05, 4.69) is 54.7 Å². The summed E-state index contributed by atoms with van der Waals surface area (Å²) in [7, 11) is 1.99. The Morgan fingerprint density at radius 2 is 1.79 bits per heavy atom. The maximum Gasteiger partial charge on any atom is 0.0340 e. The van der Waals surface area contributed by atoms with Crippen molar-refractivity contribution in [3.05, 3.63) is 64.7 Å². The first-order valence-corrected chi connectivity index (χ1v) is 7.12. The van der Waals surface area contributed by atoms with Crippen LogP contribution in [0.1, 0.15) is 34.6 Å². The van der Waals surface area contributed by atoms with Crippen molar-refractivity contribution in [1.82, 2.24) is 0 Å². The second-order valence-corrected chi connectivity index (χ2v) is 5.58. The molecule has 1 aliphatic carbocycles. The highest BCUT2D eigenvalue weighted by Crippen LogP contribution is 2.33. The van der Waals surface area contributed by atoms with Gasteiger partial charge in [0.15, 0.2) is 0 Å². The molecule has 0 spiro atoms. The fourth-order valence-electron chi connectivity index (χ4n) is 3.03. The lowest BCUT2D eigenvalue weighted by atomic mass is 9.80. The molecule has 0 saturated carbocycles. The van der Waals surface area contributed by atoms with Gasteiger partial charge in [0, 0.05) is 12.7 Å². The van der Waals surface area contributed by atoms with Gasteiger partial charge >= 0.3 is 0 Å². The van der Waals surface area contributed by atoms with Crippen molar-refractivity contribution in [2.75, 3.05) is 12.4 Å². The van der Waals surface area contributed by atoms with Crippen LogP contribution in [0, 0.1) is 6.92 Å². The molecule has 98 valence electrons. The smallest absolute Gasteiger partial charge is 0.0340 e. The summed E-state index contributed by atoms with van der Waals surface area (Å²) in [4.78, 5) is 0. The highest BCUT2D eigenvalue weighted by Gasteiger charge is 2.20. The Labute approximate surface area is 115 Å². The Hall–Kier alpha value is -1.76. The number of hydrogen-bond acceptors (Lipinski definition) is 1. The zero-order valence-corrected chi connectivity index (χ0v) is 11.7. The van der Waals surface area contributed by atoms with Gasteiger partial charge in [-0.1, -0.05) is 35.9 Å². The molecule has 1 heteroatoms. The second-order valence-electron chi connectivity index (χ2n) is 5.58. The summed E-state index contributed by atoms with van der Waals surface area (Å²) in [5.41, 5.74) is 7.12. The molecule has 1 nitrogen and oxygen atoms in total. The van der Waals surface area contributed by atoms with Crippen LogP contribution < -0.4 is 5.32 Å². The molecule has 1 unspecified atom stereocenters. The first kappa shape index (κ1) is 12.3. The number of fused-ring (bicyclic) bond motifs is 1. The lowest BCUT2D eigenvalue weighted by Gasteiger charge is -2.25. The van der Waals surface area contributed by atoms with Gasteiger partial charge < -0.3 is 5.32 Å². The molecule has 0 aliphatic heterocycles. The fraction of sp³-hybridized carbons (Fsp3) is 0.333. The molecule has 0 heterocycles. The molecule has 0 aromatic heterocycles. The van der Waals surface area contributed by atoms with Gasteiger partial charge in [0.1, 0.15) is 0 Å². The third-order valence-corrected chi connectivity index (χ3v) is 4.27. The number of benzene rings is 2. The van der Waals surface area contributed by atoms with Crippen molar-refractivity contribution in [1.29, 1.82) is 0 Å². The summed E-state index contributed by atoms with van der Waals surface area (Å²) in [6, 6.07) is 15.8. The van der Waals surface area contributed by atoms with Crippen molar-refractivity contribution in [2.24, 2.45) is 0 Å². The maximum absolute atomic E-state index is 3.23. The number of rotatable bonds is 2. The normalized spacial score (nSPS) is 17.9. The molecule has 19 heavy (non-hydrogen) atoms. The number of nitrogens with one attached hydrogen (secondary N) is 1. The van der Waals surface area contributed by atoms with Crippen LogP contribution in [0.5, 0.6) is 0 Å². The third kappa shape index (κ3) is 2.51. The highest BCUT2D eigenvalue weighted by atomic mass is 14.8. The average Bonchev–Trinajstić information content (AvgIpc) is 2.47. The zero-order chi connectivity index (χ0) is 13.2. The fourth-order valence-corrected chi connectivity index (χ4v) is 3.03. The minimum absolute atomic E-state index is 0.688. The van der Waals surface area contributed by atoms with Crippen LogP contribution >= 0.6 is 0 Å². The summed E-state index contributed by atoms with van der Waals surface area (Å²) < 4.78 is 0. The van der Waals surface area contributed by atoms with Crippen LogP contribution in [0.4, 0.5) is 5.69 Å². The molecule has 0 saturated heterocycles. The summed E-state index contributed by atoms with van der Waals surface area (Å²) in [5.74, 6) is 0.688. The maximum atomic E-state index is 3.23. The molecule has 0 amide bonds. The van der Waals surface area contributed by atoms with Crippen LogP contribution in [0.2, 0.25) is 0 Å². The molecule has 0 radical (unpaired) electrons. The average molecular weight is 251 g/mol. The second kappa shape index (κ2) is 5.08. The van der Waals surface area contributed by atoms with Crippen molar-refractivity contribution >= 4 is 5.69 Å². The minimum atomic E-state index is 0.688. The van der Waals surface area contributed by atoms with E-state index in [1.807, 2.05) is 7.05 Å². The quantitative estimate of drug-likeness (QED) is 0.838.